The zero-order valence-electron chi connectivity index (χ0n) is 11.4. The summed E-state index contributed by atoms with van der Waals surface area (Å²) in [5.41, 5.74) is 0.672. The molecular weight excluding hydrogens is 282 g/mol. The molecule has 0 aliphatic carbocycles. The van der Waals surface area contributed by atoms with Crippen LogP contribution in [0.25, 0.3) is 0 Å². The standard InChI is InChI=1S/C16H15N3OS/c17-9-13-6-7-14(21-13)12-8-15(18-10-12)19-16(20)11-4-2-1-3-5-11/h1-7,12,15,18H,8,10H2,(H,19,20)/t12-,15?/m1/s1. The average molecular weight is 297 g/mol. The molecule has 1 aromatic carbocycles. The van der Waals surface area contributed by atoms with Crippen LogP contribution in [-0.4, -0.2) is 18.6 Å². The summed E-state index contributed by atoms with van der Waals surface area (Å²) in [6, 6.07) is 15.2. The van der Waals surface area contributed by atoms with E-state index in [1.54, 1.807) is 12.1 Å². The van der Waals surface area contributed by atoms with E-state index >= 15 is 0 Å². The van der Waals surface area contributed by atoms with Gasteiger partial charge in [-0.15, -0.1) is 11.3 Å². The van der Waals surface area contributed by atoms with Crippen molar-refractivity contribution in [3.05, 3.63) is 57.8 Å². The molecule has 3 rings (SSSR count). The van der Waals surface area contributed by atoms with E-state index in [1.807, 2.05) is 30.3 Å². The Kier molecular flexibility index (Phi) is 4.00. The summed E-state index contributed by atoms with van der Waals surface area (Å²) in [5, 5.41) is 15.2. The van der Waals surface area contributed by atoms with Crippen LogP contribution in [0.2, 0.25) is 0 Å². The molecule has 1 saturated heterocycles. The molecule has 0 bridgehead atoms. The molecule has 2 atom stereocenters. The van der Waals surface area contributed by atoms with Crippen LogP contribution in [0.5, 0.6) is 0 Å². The Labute approximate surface area is 127 Å². The first-order valence-corrected chi connectivity index (χ1v) is 7.67. The van der Waals surface area contributed by atoms with Gasteiger partial charge in [0.2, 0.25) is 0 Å². The topological polar surface area (TPSA) is 64.9 Å². The molecule has 1 aliphatic heterocycles. The second kappa shape index (κ2) is 6.08. The lowest BCUT2D eigenvalue weighted by Crippen LogP contribution is -2.41. The first kappa shape index (κ1) is 13.8. The SMILES string of the molecule is N#Cc1ccc([C@H]2CNC(NC(=O)c3ccccc3)C2)s1. The highest BCUT2D eigenvalue weighted by molar-refractivity contribution is 7.12. The molecule has 0 spiro atoms. The number of benzene rings is 1. The molecule has 0 radical (unpaired) electrons. The number of hydrogen-bond donors (Lipinski definition) is 2. The van der Waals surface area contributed by atoms with Crippen LogP contribution < -0.4 is 10.6 Å². The number of carbonyl (C=O) groups is 1. The lowest BCUT2D eigenvalue weighted by atomic mass is 10.1. The minimum Gasteiger partial charge on any atom is -0.337 e. The molecule has 2 heterocycles. The van der Waals surface area contributed by atoms with E-state index in [-0.39, 0.29) is 12.1 Å². The Balaban J connectivity index is 1.60. The number of nitriles is 1. The molecule has 1 unspecified atom stereocenters. The summed E-state index contributed by atoms with van der Waals surface area (Å²) in [6.07, 6.45) is 0.833. The maximum Gasteiger partial charge on any atom is 0.252 e. The normalized spacial score (nSPS) is 20.9. The Morgan fingerprint density at radius 2 is 2.10 bits per heavy atom. The van der Waals surface area contributed by atoms with E-state index in [9.17, 15) is 4.79 Å². The summed E-state index contributed by atoms with van der Waals surface area (Å²) in [5.74, 6) is 0.302. The monoisotopic (exact) mass is 297 g/mol. The molecule has 1 aromatic heterocycles. The Morgan fingerprint density at radius 3 is 2.81 bits per heavy atom. The van der Waals surface area contributed by atoms with Crippen molar-refractivity contribution >= 4 is 17.2 Å². The minimum absolute atomic E-state index is 0.0182. The molecular formula is C16H15N3OS. The number of rotatable bonds is 3. The van der Waals surface area contributed by atoms with Gasteiger partial charge >= 0.3 is 0 Å². The first-order chi connectivity index (χ1) is 10.3. The minimum atomic E-state index is -0.0577. The average Bonchev–Trinajstić information content (AvgIpc) is 3.16. The number of hydrogen-bond acceptors (Lipinski definition) is 4. The molecule has 1 aliphatic rings. The van der Waals surface area contributed by atoms with Crippen molar-refractivity contribution in [1.29, 1.82) is 5.26 Å². The van der Waals surface area contributed by atoms with Gasteiger partial charge in [0.05, 0.1) is 6.17 Å². The fourth-order valence-corrected chi connectivity index (χ4v) is 3.44. The lowest BCUT2D eigenvalue weighted by Gasteiger charge is -2.13. The fourth-order valence-electron chi connectivity index (χ4n) is 2.53. The van der Waals surface area contributed by atoms with Gasteiger partial charge in [0, 0.05) is 22.9 Å². The van der Waals surface area contributed by atoms with E-state index in [4.69, 9.17) is 5.26 Å². The quantitative estimate of drug-likeness (QED) is 0.914. The van der Waals surface area contributed by atoms with Gasteiger partial charge in [-0.05, 0) is 30.7 Å². The third-order valence-corrected chi connectivity index (χ3v) is 4.76. The van der Waals surface area contributed by atoms with Crippen LogP contribution in [0.4, 0.5) is 0 Å². The highest BCUT2D eigenvalue weighted by Gasteiger charge is 2.27. The molecule has 106 valence electrons. The molecule has 5 heteroatoms. The van der Waals surface area contributed by atoms with E-state index < -0.39 is 0 Å². The zero-order chi connectivity index (χ0) is 14.7. The second-order valence-corrected chi connectivity index (χ2v) is 6.16. The number of thiophene rings is 1. The van der Waals surface area contributed by atoms with Crippen molar-refractivity contribution in [2.45, 2.75) is 18.5 Å². The highest BCUT2D eigenvalue weighted by Crippen LogP contribution is 2.30. The molecule has 1 fully saturated rings. The molecule has 2 aromatic rings. The predicted molar refractivity (Wildman–Crippen MR) is 82.1 cm³/mol. The zero-order valence-corrected chi connectivity index (χ0v) is 12.2. The summed E-state index contributed by atoms with van der Waals surface area (Å²) in [4.78, 5) is 14.0. The van der Waals surface area contributed by atoms with Gasteiger partial charge in [-0.2, -0.15) is 5.26 Å². The van der Waals surface area contributed by atoms with Gasteiger partial charge in [-0.3, -0.25) is 10.1 Å². The largest absolute Gasteiger partial charge is 0.337 e. The van der Waals surface area contributed by atoms with Crippen LogP contribution in [-0.2, 0) is 0 Å². The van der Waals surface area contributed by atoms with Gasteiger partial charge in [-0.1, -0.05) is 18.2 Å². The number of nitrogens with one attached hydrogen (secondary N) is 2. The summed E-state index contributed by atoms with van der Waals surface area (Å²) in [6.45, 7) is 0.825. The summed E-state index contributed by atoms with van der Waals surface area (Å²) >= 11 is 1.53. The molecule has 0 saturated carbocycles. The number of amides is 1. The highest BCUT2D eigenvalue weighted by atomic mass is 32.1. The number of nitrogens with zero attached hydrogens (tertiary/aromatic N) is 1. The van der Waals surface area contributed by atoms with E-state index in [0.717, 1.165) is 17.8 Å². The van der Waals surface area contributed by atoms with Gasteiger partial charge in [0.1, 0.15) is 10.9 Å². The van der Waals surface area contributed by atoms with Crippen LogP contribution in [0, 0.1) is 11.3 Å². The Bertz CT molecular complexity index is 674. The maximum atomic E-state index is 12.1. The molecule has 21 heavy (non-hydrogen) atoms. The van der Waals surface area contributed by atoms with Crippen molar-refractivity contribution in [3.63, 3.8) is 0 Å². The fraction of sp³-hybridized carbons (Fsp3) is 0.250. The van der Waals surface area contributed by atoms with Crippen molar-refractivity contribution in [3.8, 4) is 6.07 Å². The van der Waals surface area contributed by atoms with Gasteiger partial charge in [-0.25, -0.2) is 0 Å². The number of carbonyl (C=O) groups excluding carboxylic acids is 1. The Morgan fingerprint density at radius 1 is 1.29 bits per heavy atom. The van der Waals surface area contributed by atoms with Gasteiger partial charge in [0.25, 0.3) is 5.91 Å². The first-order valence-electron chi connectivity index (χ1n) is 6.85. The van der Waals surface area contributed by atoms with Crippen LogP contribution in [0.15, 0.2) is 42.5 Å². The summed E-state index contributed by atoms with van der Waals surface area (Å²) < 4.78 is 0. The van der Waals surface area contributed by atoms with Crippen molar-refractivity contribution in [2.24, 2.45) is 0 Å². The van der Waals surface area contributed by atoms with Gasteiger partial charge < -0.3 is 5.32 Å². The third-order valence-electron chi connectivity index (χ3n) is 3.61. The lowest BCUT2D eigenvalue weighted by molar-refractivity contribution is 0.0933. The van der Waals surface area contributed by atoms with Crippen LogP contribution in [0.1, 0.15) is 32.5 Å². The van der Waals surface area contributed by atoms with Crippen LogP contribution in [0.3, 0.4) is 0 Å². The van der Waals surface area contributed by atoms with E-state index in [0.29, 0.717) is 11.5 Å². The molecule has 2 N–H and O–H groups in total. The smallest absolute Gasteiger partial charge is 0.252 e. The third kappa shape index (κ3) is 3.13. The predicted octanol–water partition coefficient (Wildman–Crippen LogP) is 2.45. The Hall–Kier alpha value is -2.16. The molecule has 4 nitrogen and oxygen atoms in total. The van der Waals surface area contributed by atoms with Crippen molar-refractivity contribution < 1.29 is 4.79 Å². The maximum absolute atomic E-state index is 12.1. The van der Waals surface area contributed by atoms with Gasteiger partial charge in [0.15, 0.2) is 0 Å². The van der Waals surface area contributed by atoms with E-state index in [1.165, 1.54) is 16.2 Å². The van der Waals surface area contributed by atoms with Crippen molar-refractivity contribution in [2.75, 3.05) is 6.54 Å². The van der Waals surface area contributed by atoms with Crippen LogP contribution >= 0.6 is 11.3 Å². The van der Waals surface area contributed by atoms with E-state index in [2.05, 4.69) is 16.7 Å². The second-order valence-electron chi connectivity index (χ2n) is 5.05. The molecule has 1 amide bonds. The van der Waals surface area contributed by atoms with Crippen molar-refractivity contribution in [1.82, 2.24) is 10.6 Å². The summed E-state index contributed by atoms with van der Waals surface area (Å²) in [7, 11) is 0.